The summed E-state index contributed by atoms with van der Waals surface area (Å²) in [7, 11) is 0. The van der Waals surface area contributed by atoms with Gasteiger partial charge in [-0.1, -0.05) is 13.8 Å². The van der Waals surface area contributed by atoms with Gasteiger partial charge in [0, 0.05) is 39.6 Å². The molecular formula is C14H16Br2N4. The van der Waals surface area contributed by atoms with Gasteiger partial charge in [0.15, 0.2) is 5.82 Å². The van der Waals surface area contributed by atoms with Gasteiger partial charge in [0.1, 0.15) is 5.69 Å². The predicted octanol–water partition coefficient (Wildman–Crippen LogP) is 3.81. The largest absolute Gasteiger partial charge is 0.312 e. The normalized spacial score (nSPS) is 11.1. The van der Waals surface area contributed by atoms with Crippen LogP contribution in [-0.4, -0.2) is 21.5 Å². The first-order valence-electron chi connectivity index (χ1n) is 6.39. The average molecular weight is 400 g/mol. The van der Waals surface area contributed by atoms with E-state index in [1.54, 1.807) is 6.20 Å². The van der Waals surface area contributed by atoms with Crippen LogP contribution in [0.3, 0.4) is 0 Å². The van der Waals surface area contributed by atoms with E-state index in [4.69, 9.17) is 0 Å². The van der Waals surface area contributed by atoms with Crippen LogP contribution >= 0.6 is 31.9 Å². The minimum atomic E-state index is 0.622. The Bertz CT molecular complexity index is 570. The van der Waals surface area contributed by atoms with Crippen LogP contribution in [0.4, 0.5) is 0 Å². The number of halogens is 2. The number of nitrogens with one attached hydrogen (secondary N) is 1. The van der Waals surface area contributed by atoms with Crippen LogP contribution in [0.2, 0.25) is 0 Å². The summed E-state index contributed by atoms with van der Waals surface area (Å²) in [5.41, 5.74) is 1.82. The fraction of sp³-hybridized carbons (Fsp3) is 0.357. The Balaban J connectivity index is 2.07. The molecule has 0 unspecified atom stereocenters. The van der Waals surface area contributed by atoms with E-state index in [1.165, 1.54) is 0 Å². The molecule has 0 atom stereocenters. The number of rotatable bonds is 5. The molecule has 2 aromatic rings. The average Bonchev–Trinajstić information content (AvgIpc) is 2.39. The minimum Gasteiger partial charge on any atom is -0.312 e. The van der Waals surface area contributed by atoms with Gasteiger partial charge in [-0.05, 0) is 50.4 Å². The van der Waals surface area contributed by atoms with Crippen LogP contribution < -0.4 is 5.32 Å². The second kappa shape index (κ2) is 7.24. The van der Waals surface area contributed by atoms with Gasteiger partial charge < -0.3 is 5.32 Å². The van der Waals surface area contributed by atoms with Gasteiger partial charge in [0.2, 0.25) is 0 Å². The highest BCUT2D eigenvalue weighted by Gasteiger charge is 2.08. The fourth-order valence-electron chi connectivity index (χ4n) is 1.65. The maximum atomic E-state index is 4.38. The number of nitrogens with zero attached hydrogens (tertiary/aromatic N) is 3. The van der Waals surface area contributed by atoms with Gasteiger partial charge in [-0.3, -0.25) is 4.98 Å². The van der Waals surface area contributed by atoms with Crippen molar-refractivity contribution >= 4 is 31.9 Å². The molecule has 2 rings (SSSR count). The molecule has 0 saturated heterocycles. The van der Waals surface area contributed by atoms with Gasteiger partial charge in [0.25, 0.3) is 0 Å². The third-order valence-corrected chi connectivity index (χ3v) is 3.64. The standard InChI is InChI=1S/C14H16Br2N4/c1-9(2)4-17-5-10-6-19-14(20-7-10)13-12(16)3-11(15)8-18-13/h3,6-9,17H,4-5H2,1-2H3. The Morgan fingerprint density at radius 2 is 1.80 bits per heavy atom. The molecule has 0 amide bonds. The molecule has 2 heterocycles. The zero-order chi connectivity index (χ0) is 14.5. The third kappa shape index (κ3) is 4.33. The first-order valence-corrected chi connectivity index (χ1v) is 7.98. The maximum Gasteiger partial charge on any atom is 0.179 e. The molecule has 0 spiro atoms. The predicted molar refractivity (Wildman–Crippen MR) is 87.2 cm³/mol. The second-order valence-electron chi connectivity index (χ2n) is 4.92. The lowest BCUT2D eigenvalue weighted by Gasteiger charge is -2.07. The SMILES string of the molecule is CC(C)CNCc1cnc(-c2ncc(Br)cc2Br)nc1. The highest BCUT2D eigenvalue weighted by Crippen LogP contribution is 2.25. The zero-order valence-corrected chi connectivity index (χ0v) is 14.6. The summed E-state index contributed by atoms with van der Waals surface area (Å²) in [6.45, 7) is 6.14. The Labute approximate surface area is 135 Å². The number of pyridine rings is 1. The van der Waals surface area contributed by atoms with Crippen LogP contribution in [0, 0.1) is 5.92 Å². The Hall–Kier alpha value is -0.850. The van der Waals surface area contributed by atoms with Crippen LogP contribution in [0.25, 0.3) is 11.5 Å². The van der Waals surface area contributed by atoms with E-state index in [0.29, 0.717) is 11.7 Å². The van der Waals surface area contributed by atoms with Crippen molar-refractivity contribution in [1.82, 2.24) is 20.3 Å². The molecular weight excluding hydrogens is 384 g/mol. The van der Waals surface area contributed by atoms with Gasteiger partial charge in [-0.15, -0.1) is 0 Å². The summed E-state index contributed by atoms with van der Waals surface area (Å²) < 4.78 is 1.79. The summed E-state index contributed by atoms with van der Waals surface area (Å²) in [5, 5.41) is 3.37. The van der Waals surface area contributed by atoms with Crippen molar-refractivity contribution in [1.29, 1.82) is 0 Å². The summed E-state index contributed by atoms with van der Waals surface area (Å²) in [6.07, 6.45) is 5.42. The van der Waals surface area contributed by atoms with Crippen LogP contribution in [-0.2, 0) is 6.54 Å². The monoisotopic (exact) mass is 398 g/mol. The molecule has 0 bridgehead atoms. The minimum absolute atomic E-state index is 0.622. The zero-order valence-electron chi connectivity index (χ0n) is 11.4. The third-order valence-electron chi connectivity index (χ3n) is 2.61. The van der Waals surface area contributed by atoms with E-state index in [0.717, 1.165) is 33.3 Å². The van der Waals surface area contributed by atoms with E-state index < -0.39 is 0 Å². The molecule has 0 aliphatic heterocycles. The summed E-state index contributed by atoms with van der Waals surface area (Å²) in [6, 6.07) is 1.93. The number of hydrogen-bond donors (Lipinski definition) is 1. The quantitative estimate of drug-likeness (QED) is 0.830. The molecule has 0 fully saturated rings. The van der Waals surface area contributed by atoms with E-state index in [1.807, 2.05) is 18.5 Å². The van der Waals surface area contributed by atoms with Gasteiger partial charge >= 0.3 is 0 Å². The highest BCUT2D eigenvalue weighted by molar-refractivity contribution is 9.11. The van der Waals surface area contributed by atoms with Crippen molar-refractivity contribution in [3.05, 3.63) is 39.2 Å². The molecule has 2 aromatic heterocycles. The molecule has 1 N–H and O–H groups in total. The van der Waals surface area contributed by atoms with E-state index in [9.17, 15) is 0 Å². The van der Waals surface area contributed by atoms with Crippen molar-refractivity contribution in [2.24, 2.45) is 5.92 Å². The molecule has 0 saturated carbocycles. The summed E-state index contributed by atoms with van der Waals surface area (Å²) in [4.78, 5) is 13.1. The lowest BCUT2D eigenvalue weighted by molar-refractivity contribution is 0.551. The lowest BCUT2D eigenvalue weighted by atomic mass is 10.2. The molecule has 4 nitrogen and oxygen atoms in total. The molecule has 0 radical (unpaired) electrons. The van der Waals surface area contributed by atoms with Crippen molar-refractivity contribution in [3.8, 4) is 11.5 Å². The summed E-state index contributed by atoms with van der Waals surface area (Å²) in [5.74, 6) is 1.26. The Morgan fingerprint density at radius 3 is 2.40 bits per heavy atom. The van der Waals surface area contributed by atoms with Crippen LogP contribution in [0.5, 0.6) is 0 Å². The lowest BCUT2D eigenvalue weighted by Crippen LogP contribution is -2.19. The van der Waals surface area contributed by atoms with Crippen LogP contribution in [0.1, 0.15) is 19.4 Å². The Kier molecular flexibility index (Phi) is 5.63. The topological polar surface area (TPSA) is 50.7 Å². The molecule has 0 aliphatic carbocycles. The molecule has 0 aromatic carbocycles. The highest BCUT2D eigenvalue weighted by atomic mass is 79.9. The second-order valence-corrected chi connectivity index (χ2v) is 6.69. The first kappa shape index (κ1) is 15.5. The Morgan fingerprint density at radius 1 is 1.10 bits per heavy atom. The number of hydrogen-bond acceptors (Lipinski definition) is 4. The van der Waals surface area contributed by atoms with Crippen molar-refractivity contribution in [3.63, 3.8) is 0 Å². The van der Waals surface area contributed by atoms with Crippen molar-refractivity contribution < 1.29 is 0 Å². The van der Waals surface area contributed by atoms with Crippen molar-refractivity contribution in [2.45, 2.75) is 20.4 Å². The maximum absolute atomic E-state index is 4.38. The van der Waals surface area contributed by atoms with E-state index in [-0.39, 0.29) is 0 Å². The van der Waals surface area contributed by atoms with Crippen molar-refractivity contribution in [2.75, 3.05) is 6.54 Å². The number of aromatic nitrogens is 3. The molecule has 20 heavy (non-hydrogen) atoms. The fourth-order valence-corrected chi connectivity index (χ4v) is 2.82. The molecule has 106 valence electrons. The smallest absolute Gasteiger partial charge is 0.179 e. The van der Waals surface area contributed by atoms with Gasteiger partial charge in [-0.25, -0.2) is 9.97 Å². The van der Waals surface area contributed by atoms with Gasteiger partial charge in [0.05, 0.1) is 0 Å². The van der Waals surface area contributed by atoms with Crippen LogP contribution in [0.15, 0.2) is 33.6 Å². The van der Waals surface area contributed by atoms with E-state index >= 15 is 0 Å². The first-order chi connectivity index (χ1) is 9.56. The molecule has 0 aliphatic rings. The van der Waals surface area contributed by atoms with E-state index in [2.05, 4.69) is 66.0 Å². The van der Waals surface area contributed by atoms with Gasteiger partial charge in [-0.2, -0.15) is 0 Å². The summed E-state index contributed by atoms with van der Waals surface area (Å²) >= 11 is 6.85. The molecule has 6 heteroatoms.